The summed E-state index contributed by atoms with van der Waals surface area (Å²) in [6, 6.07) is 6.65. The van der Waals surface area contributed by atoms with E-state index in [1.54, 1.807) is 6.07 Å². The smallest absolute Gasteiger partial charge is 0.338 e. The van der Waals surface area contributed by atoms with E-state index in [2.05, 4.69) is 31.1 Å². The molecule has 0 bridgehead atoms. The molecule has 1 aromatic carbocycles. The molecule has 0 aliphatic rings. The van der Waals surface area contributed by atoms with Crippen LogP contribution in [0.25, 0.3) is 10.9 Å². The van der Waals surface area contributed by atoms with Crippen molar-refractivity contribution in [1.82, 2.24) is 4.57 Å². The normalized spacial score (nSPS) is 11.7. The van der Waals surface area contributed by atoms with Crippen LogP contribution in [-0.2, 0) is 16.0 Å². The van der Waals surface area contributed by atoms with E-state index in [0.29, 0.717) is 17.9 Å². The lowest BCUT2D eigenvalue weighted by molar-refractivity contribution is 0.0228. The Kier molecular flexibility index (Phi) is 6.07. The van der Waals surface area contributed by atoms with Gasteiger partial charge in [0.2, 0.25) is 0 Å². The van der Waals surface area contributed by atoms with E-state index in [-0.39, 0.29) is 12.8 Å². The fraction of sp³-hybridized carbons (Fsp3) is 0.500. The van der Waals surface area contributed by atoms with E-state index in [1.807, 2.05) is 18.3 Å². The molecule has 0 amide bonds. The van der Waals surface area contributed by atoms with Crippen molar-refractivity contribution in [3.05, 3.63) is 30.0 Å². The van der Waals surface area contributed by atoms with Gasteiger partial charge in [0, 0.05) is 32.8 Å². The first kappa shape index (κ1) is 18.5. The van der Waals surface area contributed by atoms with Gasteiger partial charge in [0.05, 0.1) is 18.2 Å². The van der Waals surface area contributed by atoms with E-state index in [1.165, 1.54) is 7.11 Å². The lowest BCUT2D eigenvalue weighted by Crippen LogP contribution is -2.22. The van der Waals surface area contributed by atoms with Crippen LogP contribution in [0.3, 0.4) is 0 Å². The Morgan fingerprint density at radius 2 is 2.00 bits per heavy atom. The largest absolute Gasteiger partial charge is 0.467 e. The van der Waals surface area contributed by atoms with Gasteiger partial charge in [-0.15, -0.1) is 0 Å². The molecule has 24 heavy (non-hydrogen) atoms. The Hall–Kier alpha value is -1.79. The van der Waals surface area contributed by atoms with Gasteiger partial charge >= 0.3 is 5.97 Å². The summed E-state index contributed by atoms with van der Waals surface area (Å²) < 4.78 is 18.3. The minimum atomic E-state index is -1.11. The molecule has 0 radical (unpaired) electrons. The van der Waals surface area contributed by atoms with Gasteiger partial charge in [0.25, 0.3) is 0 Å². The Morgan fingerprint density at radius 3 is 2.62 bits per heavy atom. The molecule has 1 heterocycles. The average molecular weight is 350 g/mol. The first-order chi connectivity index (χ1) is 11.4. The maximum Gasteiger partial charge on any atom is 0.338 e. The van der Waals surface area contributed by atoms with Crippen LogP contribution in [0.5, 0.6) is 5.75 Å². The van der Waals surface area contributed by atoms with Gasteiger partial charge in [0.1, 0.15) is 5.75 Å². The van der Waals surface area contributed by atoms with Crippen LogP contribution in [0, 0.1) is 0 Å². The van der Waals surface area contributed by atoms with Crippen molar-refractivity contribution in [2.75, 3.05) is 20.5 Å². The highest BCUT2D eigenvalue weighted by atomic mass is 28.3. The second kappa shape index (κ2) is 7.85. The predicted molar refractivity (Wildman–Crippen MR) is 98.6 cm³/mol. The molecule has 0 aliphatic carbocycles. The summed E-state index contributed by atoms with van der Waals surface area (Å²) in [5, 5.41) is 0.971. The van der Waals surface area contributed by atoms with E-state index in [4.69, 9.17) is 14.2 Å². The van der Waals surface area contributed by atoms with Gasteiger partial charge in [-0.3, -0.25) is 0 Å². The summed E-state index contributed by atoms with van der Waals surface area (Å²) in [6.45, 7) is 10.7. The number of benzene rings is 1. The summed E-state index contributed by atoms with van der Waals surface area (Å²) in [5.41, 5.74) is 1.44. The molecule has 0 aliphatic heterocycles. The monoisotopic (exact) mass is 349 g/mol. The van der Waals surface area contributed by atoms with Gasteiger partial charge in [-0.2, -0.15) is 0 Å². The van der Waals surface area contributed by atoms with Crippen molar-refractivity contribution < 1.29 is 19.0 Å². The van der Waals surface area contributed by atoms with Crippen molar-refractivity contribution >= 4 is 24.9 Å². The highest BCUT2D eigenvalue weighted by Crippen LogP contribution is 2.29. The quantitative estimate of drug-likeness (QED) is 0.311. The standard InChI is InChI=1S/C18H27NO4Si/c1-6-19-8-7-15-16(19)11-14(18(20)21-2)12-17(15)23-13-22-9-10-24(3,4)5/h7-8,11-12H,6,9-10,13H2,1-5H3. The first-order valence-electron chi connectivity index (χ1n) is 8.27. The zero-order chi connectivity index (χ0) is 17.7. The molecule has 6 heteroatoms. The SMILES string of the molecule is CCn1ccc2c(OCOCC[Si](C)(C)C)cc(C(=O)OC)cc21. The number of nitrogens with zero attached hydrogens (tertiary/aromatic N) is 1. The minimum Gasteiger partial charge on any atom is -0.467 e. The number of hydrogen-bond acceptors (Lipinski definition) is 4. The molecule has 2 aromatic rings. The number of aryl methyl sites for hydroxylation is 1. The number of fused-ring (bicyclic) bond motifs is 1. The average Bonchev–Trinajstić information content (AvgIpc) is 2.95. The van der Waals surface area contributed by atoms with E-state index in [9.17, 15) is 4.79 Å². The minimum absolute atomic E-state index is 0.182. The molecule has 0 unspecified atom stereocenters. The second-order valence-corrected chi connectivity index (χ2v) is 12.6. The van der Waals surface area contributed by atoms with Gasteiger partial charge in [0.15, 0.2) is 6.79 Å². The maximum absolute atomic E-state index is 11.9. The molecule has 1 aromatic heterocycles. The van der Waals surface area contributed by atoms with E-state index >= 15 is 0 Å². The number of aromatic nitrogens is 1. The molecular weight excluding hydrogens is 322 g/mol. The Balaban J connectivity index is 2.15. The Labute approximate surface area is 144 Å². The highest BCUT2D eigenvalue weighted by molar-refractivity contribution is 6.76. The van der Waals surface area contributed by atoms with Gasteiger partial charge in [-0.1, -0.05) is 19.6 Å². The van der Waals surface area contributed by atoms with E-state index < -0.39 is 8.07 Å². The Morgan fingerprint density at radius 1 is 1.25 bits per heavy atom. The van der Waals surface area contributed by atoms with Gasteiger partial charge < -0.3 is 18.8 Å². The molecule has 5 nitrogen and oxygen atoms in total. The number of carbonyl (C=O) groups excluding carboxylic acids is 1. The Bertz CT molecular complexity index is 703. The summed E-state index contributed by atoms with van der Waals surface area (Å²) in [4.78, 5) is 11.9. The van der Waals surface area contributed by atoms with E-state index in [0.717, 1.165) is 23.5 Å². The molecule has 132 valence electrons. The molecule has 0 saturated carbocycles. The molecule has 0 atom stereocenters. The van der Waals surface area contributed by atoms with Crippen LogP contribution < -0.4 is 4.74 Å². The third kappa shape index (κ3) is 4.61. The summed E-state index contributed by atoms with van der Waals surface area (Å²) >= 11 is 0. The number of ether oxygens (including phenoxy) is 3. The van der Waals surface area contributed by atoms with Crippen LogP contribution in [0.2, 0.25) is 25.7 Å². The molecule has 0 N–H and O–H groups in total. The van der Waals surface area contributed by atoms with Crippen molar-refractivity contribution in [1.29, 1.82) is 0 Å². The van der Waals surface area contributed by atoms with Crippen molar-refractivity contribution in [3.63, 3.8) is 0 Å². The summed E-state index contributed by atoms with van der Waals surface area (Å²) in [5.74, 6) is 0.276. The highest BCUT2D eigenvalue weighted by Gasteiger charge is 2.15. The fourth-order valence-corrected chi connectivity index (χ4v) is 3.19. The lowest BCUT2D eigenvalue weighted by atomic mass is 10.1. The predicted octanol–water partition coefficient (Wildman–Crippen LogP) is 4.14. The fourth-order valence-electron chi connectivity index (χ4n) is 2.44. The van der Waals surface area contributed by atoms with Crippen LogP contribution in [0.15, 0.2) is 24.4 Å². The van der Waals surface area contributed by atoms with Gasteiger partial charge in [-0.05, 0) is 31.2 Å². The molecule has 0 saturated heterocycles. The number of methoxy groups -OCH3 is 1. The van der Waals surface area contributed by atoms with Crippen molar-refractivity contribution in [3.8, 4) is 5.75 Å². The molecular formula is C18H27NO4Si. The third-order valence-corrected chi connectivity index (χ3v) is 5.61. The van der Waals surface area contributed by atoms with Crippen LogP contribution in [0.4, 0.5) is 0 Å². The second-order valence-electron chi connectivity index (χ2n) is 6.98. The zero-order valence-electron chi connectivity index (χ0n) is 15.2. The third-order valence-electron chi connectivity index (χ3n) is 3.91. The van der Waals surface area contributed by atoms with Crippen LogP contribution in [0.1, 0.15) is 17.3 Å². The van der Waals surface area contributed by atoms with Crippen LogP contribution >= 0.6 is 0 Å². The topological polar surface area (TPSA) is 49.7 Å². The van der Waals surface area contributed by atoms with Gasteiger partial charge in [-0.25, -0.2) is 4.79 Å². The van der Waals surface area contributed by atoms with Crippen molar-refractivity contribution in [2.45, 2.75) is 39.2 Å². The maximum atomic E-state index is 11.9. The number of carbonyl (C=O) groups is 1. The van der Waals surface area contributed by atoms with Crippen LogP contribution in [-0.4, -0.2) is 39.1 Å². The number of esters is 1. The number of rotatable bonds is 8. The summed E-state index contributed by atoms with van der Waals surface area (Å²) in [7, 11) is 0.275. The molecule has 0 fully saturated rings. The summed E-state index contributed by atoms with van der Waals surface area (Å²) in [6.07, 6.45) is 1.99. The molecule has 2 rings (SSSR count). The first-order valence-corrected chi connectivity index (χ1v) is 12.0. The van der Waals surface area contributed by atoms with Crippen molar-refractivity contribution in [2.24, 2.45) is 0 Å². The zero-order valence-corrected chi connectivity index (χ0v) is 16.2. The lowest BCUT2D eigenvalue weighted by Gasteiger charge is -2.16. The number of hydrogen-bond donors (Lipinski definition) is 0. The molecule has 0 spiro atoms.